The van der Waals surface area contributed by atoms with Crippen LogP contribution in [-0.4, -0.2) is 40.5 Å². The van der Waals surface area contributed by atoms with Gasteiger partial charge in [0.15, 0.2) is 0 Å². The van der Waals surface area contributed by atoms with Crippen LogP contribution in [0.5, 0.6) is 0 Å². The van der Waals surface area contributed by atoms with Crippen molar-refractivity contribution in [3.63, 3.8) is 0 Å². The van der Waals surface area contributed by atoms with Crippen molar-refractivity contribution in [1.82, 2.24) is 15.5 Å². The van der Waals surface area contributed by atoms with E-state index < -0.39 is 29.7 Å². The van der Waals surface area contributed by atoms with Gasteiger partial charge in [0.2, 0.25) is 11.8 Å². The molecule has 0 aliphatic carbocycles. The lowest BCUT2D eigenvalue weighted by molar-refractivity contribution is -0.136. The van der Waals surface area contributed by atoms with Crippen LogP contribution >= 0.6 is 0 Å². The van der Waals surface area contributed by atoms with Crippen LogP contribution in [0.4, 0.5) is 0 Å². The van der Waals surface area contributed by atoms with E-state index in [4.69, 9.17) is 0 Å². The predicted molar refractivity (Wildman–Crippen MR) is 101 cm³/mol. The van der Waals surface area contributed by atoms with Crippen LogP contribution in [0.25, 0.3) is 0 Å². The molecule has 8 nitrogen and oxygen atoms in total. The average Bonchev–Trinajstić information content (AvgIpc) is 2.97. The van der Waals surface area contributed by atoms with Crippen molar-refractivity contribution in [3.05, 3.63) is 70.8 Å². The lowest BCUT2D eigenvalue weighted by Gasteiger charge is -2.27. The second-order valence-corrected chi connectivity index (χ2v) is 6.88. The molecule has 5 amide bonds. The Bertz CT molecular complexity index is 1050. The van der Waals surface area contributed by atoms with E-state index in [-0.39, 0.29) is 36.4 Å². The summed E-state index contributed by atoms with van der Waals surface area (Å²) in [4.78, 5) is 62.0. The van der Waals surface area contributed by atoms with Gasteiger partial charge in [0.05, 0.1) is 11.1 Å². The molecule has 0 aromatic heterocycles. The van der Waals surface area contributed by atoms with Gasteiger partial charge in [0.25, 0.3) is 17.7 Å². The summed E-state index contributed by atoms with van der Waals surface area (Å²) >= 11 is 0. The number of carbonyl (C=O) groups excluding carboxylic acids is 5. The van der Waals surface area contributed by atoms with E-state index >= 15 is 0 Å². The molecule has 4 rings (SSSR count). The third-order valence-corrected chi connectivity index (χ3v) is 4.99. The summed E-state index contributed by atoms with van der Waals surface area (Å²) in [6.45, 7) is 0.181. The maximum absolute atomic E-state index is 12.8. The van der Waals surface area contributed by atoms with Crippen LogP contribution in [0.1, 0.15) is 49.5 Å². The van der Waals surface area contributed by atoms with E-state index in [1.807, 2.05) is 6.07 Å². The molecule has 1 saturated heterocycles. The van der Waals surface area contributed by atoms with Gasteiger partial charge < -0.3 is 5.32 Å². The largest absolute Gasteiger partial charge is 0.348 e. The molecule has 2 N–H and O–H groups in total. The van der Waals surface area contributed by atoms with Crippen molar-refractivity contribution in [2.75, 3.05) is 0 Å². The Hall–Kier alpha value is -3.81. The topological polar surface area (TPSA) is 113 Å². The van der Waals surface area contributed by atoms with Gasteiger partial charge in [-0.2, -0.15) is 0 Å². The smallest absolute Gasteiger partial charge is 0.262 e. The number of rotatable bonds is 4. The fourth-order valence-corrected chi connectivity index (χ4v) is 3.50. The number of imide groups is 2. The van der Waals surface area contributed by atoms with E-state index in [1.54, 1.807) is 36.4 Å². The molecule has 0 bridgehead atoms. The molecule has 2 aliphatic heterocycles. The molecule has 8 heteroatoms. The van der Waals surface area contributed by atoms with E-state index in [1.165, 1.54) is 6.07 Å². The van der Waals surface area contributed by atoms with Gasteiger partial charge in [-0.05, 0) is 36.2 Å². The number of piperidine rings is 1. The van der Waals surface area contributed by atoms with Crippen LogP contribution in [0.3, 0.4) is 0 Å². The number of hydrogen-bond acceptors (Lipinski definition) is 5. The molecular formula is C21H17N3O5. The second-order valence-electron chi connectivity index (χ2n) is 6.88. The second kappa shape index (κ2) is 7.31. The van der Waals surface area contributed by atoms with Crippen molar-refractivity contribution < 1.29 is 24.0 Å². The Morgan fingerprint density at radius 2 is 1.72 bits per heavy atom. The summed E-state index contributed by atoms with van der Waals surface area (Å²) < 4.78 is 0. The standard InChI is InChI=1S/C21H17N3O5/c25-17-9-8-16(19(27)23-17)24-20(28)14-7-6-12(10-15(14)21(24)29)11-22-18(26)13-4-2-1-3-5-13/h1-7,10,16H,8-9,11H2,(H,22,26)(H,23,25,27). The fourth-order valence-electron chi connectivity index (χ4n) is 3.50. The first kappa shape index (κ1) is 18.5. The summed E-state index contributed by atoms with van der Waals surface area (Å²) in [6.07, 6.45) is 0.177. The lowest BCUT2D eigenvalue weighted by Crippen LogP contribution is -2.54. The van der Waals surface area contributed by atoms with Crippen LogP contribution in [0.2, 0.25) is 0 Å². The zero-order chi connectivity index (χ0) is 20.5. The van der Waals surface area contributed by atoms with Crippen molar-refractivity contribution >= 4 is 29.5 Å². The third kappa shape index (κ3) is 3.40. The zero-order valence-electron chi connectivity index (χ0n) is 15.3. The van der Waals surface area contributed by atoms with Gasteiger partial charge in [-0.25, -0.2) is 0 Å². The first-order valence-electron chi connectivity index (χ1n) is 9.13. The number of hydrogen-bond donors (Lipinski definition) is 2. The molecule has 29 heavy (non-hydrogen) atoms. The maximum Gasteiger partial charge on any atom is 0.262 e. The van der Waals surface area contributed by atoms with E-state index in [2.05, 4.69) is 10.6 Å². The Morgan fingerprint density at radius 1 is 1.00 bits per heavy atom. The van der Waals surface area contributed by atoms with Crippen molar-refractivity contribution in [3.8, 4) is 0 Å². The third-order valence-electron chi connectivity index (χ3n) is 4.99. The quantitative estimate of drug-likeness (QED) is 0.756. The lowest BCUT2D eigenvalue weighted by atomic mass is 10.0. The van der Waals surface area contributed by atoms with Crippen LogP contribution in [0.15, 0.2) is 48.5 Å². The number of amides is 5. The number of nitrogens with one attached hydrogen (secondary N) is 2. The van der Waals surface area contributed by atoms with Crippen molar-refractivity contribution in [2.24, 2.45) is 0 Å². The summed E-state index contributed by atoms with van der Waals surface area (Å²) in [6, 6.07) is 12.4. The Balaban J connectivity index is 1.50. The summed E-state index contributed by atoms with van der Waals surface area (Å²) in [7, 11) is 0. The van der Waals surface area contributed by atoms with Crippen LogP contribution in [0, 0.1) is 0 Å². The van der Waals surface area contributed by atoms with Gasteiger partial charge in [0, 0.05) is 18.5 Å². The van der Waals surface area contributed by atoms with Crippen LogP contribution in [-0.2, 0) is 16.1 Å². The molecule has 146 valence electrons. The highest BCUT2D eigenvalue weighted by atomic mass is 16.2. The molecule has 2 aromatic rings. The molecular weight excluding hydrogens is 374 g/mol. The number of nitrogens with zero attached hydrogens (tertiary/aromatic N) is 1. The fraction of sp³-hybridized carbons (Fsp3) is 0.190. The summed E-state index contributed by atoms with van der Waals surface area (Å²) in [5.41, 5.74) is 1.56. The minimum absolute atomic E-state index is 0.0700. The van der Waals surface area contributed by atoms with Gasteiger partial charge in [0.1, 0.15) is 6.04 Å². The number of fused-ring (bicyclic) bond motifs is 1. The number of benzene rings is 2. The molecule has 0 radical (unpaired) electrons. The molecule has 1 unspecified atom stereocenters. The van der Waals surface area contributed by atoms with Gasteiger partial charge in [-0.1, -0.05) is 24.3 Å². The summed E-state index contributed by atoms with van der Waals surface area (Å²) in [5.74, 6) is -2.45. The first-order valence-corrected chi connectivity index (χ1v) is 9.13. The zero-order valence-corrected chi connectivity index (χ0v) is 15.3. The minimum atomic E-state index is -0.999. The normalized spacial score (nSPS) is 18.5. The molecule has 2 aliphatic rings. The molecule has 1 atom stereocenters. The molecule has 0 saturated carbocycles. The van der Waals surface area contributed by atoms with E-state index in [0.717, 1.165) is 4.90 Å². The Kier molecular flexibility index (Phi) is 4.67. The molecule has 0 spiro atoms. The monoisotopic (exact) mass is 391 g/mol. The Labute approximate surface area is 165 Å². The Morgan fingerprint density at radius 3 is 2.45 bits per heavy atom. The highest BCUT2D eigenvalue weighted by Gasteiger charge is 2.44. The first-order chi connectivity index (χ1) is 14.0. The highest BCUT2D eigenvalue weighted by Crippen LogP contribution is 2.28. The van der Waals surface area contributed by atoms with Gasteiger partial charge in [-0.3, -0.25) is 34.2 Å². The molecule has 2 heterocycles. The average molecular weight is 391 g/mol. The maximum atomic E-state index is 12.8. The molecule has 1 fully saturated rings. The summed E-state index contributed by atoms with van der Waals surface area (Å²) in [5, 5.41) is 4.93. The van der Waals surface area contributed by atoms with Gasteiger partial charge >= 0.3 is 0 Å². The van der Waals surface area contributed by atoms with Gasteiger partial charge in [-0.15, -0.1) is 0 Å². The van der Waals surface area contributed by atoms with E-state index in [0.29, 0.717) is 11.1 Å². The minimum Gasteiger partial charge on any atom is -0.348 e. The molecule has 2 aromatic carbocycles. The van der Waals surface area contributed by atoms with Crippen molar-refractivity contribution in [2.45, 2.75) is 25.4 Å². The SMILES string of the molecule is O=C1CCC(N2C(=O)c3ccc(CNC(=O)c4ccccc4)cc3C2=O)C(=O)N1. The number of carbonyl (C=O) groups is 5. The van der Waals surface area contributed by atoms with Crippen LogP contribution < -0.4 is 10.6 Å². The highest BCUT2D eigenvalue weighted by molar-refractivity contribution is 6.23. The van der Waals surface area contributed by atoms with E-state index in [9.17, 15) is 24.0 Å². The predicted octanol–water partition coefficient (Wildman–Crippen LogP) is 1.02. The van der Waals surface area contributed by atoms with Crippen molar-refractivity contribution in [1.29, 1.82) is 0 Å².